The van der Waals surface area contributed by atoms with Gasteiger partial charge < -0.3 is 4.57 Å². The predicted octanol–water partition coefficient (Wildman–Crippen LogP) is 6.59. The van der Waals surface area contributed by atoms with Crippen molar-refractivity contribution in [3.63, 3.8) is 0 Å². The summed E-state index contributed by atoms with van der Waals surface area (Å²) in [6, 6.07) is 6.47. The van der Waals surface area contributed by atoms with Crippen molar-refractivity contribution < 1.29 is 4.39 Å². The highest BCUT2D eigenvalue weighted by atomic mass is 32.2. The molecule has 34 heavy (non-hydrogen) atoms. The van der Waals surface area contributed by atoms with Gasteiger partial charge >= 0.3 is 0 Å². The molecule has 0 spiro atoms. The van der Waals surface area contributed by atoms with Gasteiger partial charge in [0.1, 0.15) is 12.1 Å². The molecular weight excluding hydrogens is 447 g/mol. The van der Waals surface area contributed by atoms with Crippen LogP contribution in [0.4, 0.5) is 4.39 Å². The summed E-state index contributed by atoms with van der Waals surface area (Å²) in [5, 5.41) is 0.710. The van der Waals surface area contributed by atoms with Gasteiger partial charge in [-0.25, -0.2) is 14.4 Å². The van der Waals surface area contributed by atoms with Crippen LogP contribution in [0.15, 0.2) is 59.1 Å². The van der Waals surface area contributed by atoms with E-state index in [1.165, 1.54) is 81.6 Å². The van der Waals surface area contributed by atoms with Gasteiger partial charge in [-0.1, -0.05) is 82.2 Å². The summed E-state index contributed by atoms with van der Waals surface area (Å²) in [6.45, 7) is 3.07. The number of thioether (sulfide) groups is 1. The Kier molecular flexibility index (Phi) is 11.2. The highest BCUT2D eigenvalue weighted by Crippen LogP contribution is 2.22. The molecule has 0 aliphatic rings. The SMILES string of the molecule is CCCCCCCCCCCn1cc(Cc2cncnc2)c(=O)nc1SCc1ccc(F)cc1. The molecule has 0 fully saturated rings. The topological polar surface area (TPSA) is 60.7 Å². The highest BCUT2D eigenvalue weighted by molar-refractivity contribution is 7.98. The number of aromatic nitrogens is 4. The minimum atomic E-state index is -0.247. The van der Waals surface area contributed by atoms with E-state index in [0.717, 1.165) is 24.1 Å². The van der Waals surface area contributed by atoms with E-state index in [2.05, 4.69) is 26.4 Å². The Hall–Kier alpha value is -2.54. The maximum Gasteiger partial charge on any atom is 0.277 e. The van der Waals surface area contributed by atoms with Crippen LogP contribution in [0, 0.1) is 5.82 Å². The summed E-state index contributed by atoms with van der Waals surface area (Å²) in [4.78, 5) is 25.3. The number of hydrogen-bond donors (Lipinski definition) is 0. The van der Waals surface area contributed by atoms with Crippen LogP contribution in [-0.2, 0) is 18.7 Å². The molecule has 0 atom stereocenters. The van der Waals surface area contributed by atoms with Crippen molar-refractivity contribution in [1.82, 2.24) is 19.5 Å². The maximum atomic E-state index is 13.2. The molecule has 7 heteroatoms. The number of aryl methyl sites for hydroxylation is 1. The zero-order valence-electron chi connectivity index (χ0n) is 20.1. The maximum absolute atomic E-state index is 13.2. The first kappa shape index (κ1) is 26.1. The Labute approximate surface area is 206 Å². The number of nitrogens with zero attached hydrogens (tertiary/aromatic N) is 4. The van der Waals surface area contributed by atoms with Crippen LogP contribution in [0.25, 0.3) is 0 Å². The third kappa shape index (κ3) is 9.01. The lowest BCUT2D eigenvalue weighted by molar-refractivity contribution is 0.513. The average Bonchev–Trinajstić information content (AvgIpc) is 2.85. The van der Waals surface area contributed by atoms with Crippen molar-refractivity contribution in [1.29, 1.82) is 0 Å². The zero-order valence-corrected chi connectivity index (χ0v) is 20.9. The van der Waals surface area contributed by atoms with E-state index in [1.807, 2.05) is 6.20 Å². The third-order valence-electron chi connectivity index (χ3n) is 5.82. The van der Waals surface area contributed by atoms with E-state index in [9.17, 15) is 9.18 Å². The first-order chi connectivity index (χ1) is 16.7. The van der Waals surface area contributed by atoms with Gasteiger partial charge in [-0.2, -0.15) is 4.98 Å². The van der Waals surface area contributed by atoms with Crippen LogP contribution in [0.3, 0.4) is 0 Å². The Morgan fingerprint density at radius 2 is 1.53 bits per heavy atom. The van der Waals surface area contributed by atoms with Crippen LogP contribution in [0.5, 0.6) is 0 Å². The number of rotatable bonds is 15. The normalized spacial score (nSPS) is 11.1. The van der Waals surface area contributed by atoms with Gasteiger partial charge in [0.15, 0.2) is 5.16 Å². The van der Waals surface area contributed by atoms with E-state index < -0.39 is 0 Å². The van der Waals surface area contributed by atoms with E-state index in [0.29, 0.717) is 22.9 Å². The lowest BCUT2D eigenvalue weighted by atomic mass is 10.1. The molecule has 0 unspecified atom stereocenters. The van der Waals surface area contributed by atoms with Gasteiger partial charge in [-0.3, -0.25) is 4.79 Å². The minimum absolute atomic E-state index is 0.214. The summed E-state index contributed by atoms with van der Waals surface area (Å²) in [5.74, 6) is 0.388. The molecular formula is C27H35FN4OS. The fraction of sp³-hybridized carbons (Fsp3) is 0.481. The van der Waals surface area contributed by atoms with Crippen molar-refractivity contribution in [2.75, 3.05) is 0 Å². The van der Waals surface area contributed by atoms with Gasteiger partial charge in [0, 0.05) is 42.9 Å². The van der Waals surface area contributed by atoms with Gasteiger partial charge in [-0.05, 0) is 29.7 Å². The second-order valence-electron chi connectivity index (χ2n) is 8.71. The fourth-order valence-electron chi connectivity index (χ4n) is 3.88. The lowest BCUT2D eigenvalue weighted by Crippen LogP contribution is -2.20. The average molecular weight is 483 g/mol. The van der Waals surface area contributed by atoms with E-state index in [4.69, 9.17) is 0 Å². The van der Waals surface area contributed by atoms with Crippen LogP contribution >= 0.6 is 11.8 Å². The number of hydrogen-bond acceptors (Lipinski definition) is 5. The van der Waals surface area contributed by atoms with Crippen molar-refractivity contribution in [2.45, 2.75) is 88.6 Å². The monoisotopic (exact) mass is 482 g/mol. The summed E-state index contributed by atoms with van der Waals surface area (Å²) in [6.07, 6.45) is 18.8. The summed E-state index contributed by atoms with van der Waals surface area (Å²) in [7, 11) is 0. The second kappa shape index (κ2) is 14.7. The fourth-order valence-corrected chi connectivity index (χ4v) is 4.83. The molecule has 0 amide bonds. The Morgan fingerprint density at radius 3 is 2.21 bits per heavy atom. The molecule has 0 bridgehead atoms. The van der Waals surface area contributed by atoms with Crippen molar-refractivity contribution in [3.05, 3.63) is 82.0 Å². The van der Waals surface area contributed by atoms with Crippen molar-refractivity contribution >= 4 is 11.8 Å². The van der Waals surface area contributed by atoms with Crippen LogP contribution in [-0.4, -0.2) is 19.5 Å². The van der Waals surface area contributed by atoms with Gasteiger partial charge in [0.2, 0.25) is 0 Å². The summed E-state index contributed by atoms with van der Waals surface area (Å²) < 4.78 is 15.3. The number of unbranched alkanes of at least 4 members (excludes halogenated alkanes) is 8. The largest absolute Gasteiger partial charge is 0.327 e. The molecule has 2 heterocycles. The second-order valence-corrected chi connectivity index (χ2v) is 9.66. The molecule has 0 saturated heterocycles. The minimum Gasteiger partial charge on any atom is -0.327 e. The Balaban J connectivity index is 1.62. The van der Waals surface area contributed by atoms with Crippen LogP contribution in [0.2, 0.25) is 0 Å². The standard InChI is InChI=1S/C27H35FN4OS/c1-2-3-4-5-6-7-8-9-10-15-32-19-24(16-23-17-29-21-30-18-23)26(33)31-27(32)34-20-22-11-13-25(28)14-12-22/h11-14,17-19,21H,2-10,15-16,20H2,1H3. The van der Waals surface area contributed by atoms with E-state index in [-0.39, 0.29) is 11.4 Å². The lowest BCUT2D eigenvalue weighted by Gasteiger charge is -2.14. The molecule has 2 aromatic heterocycles. The zero-order chi connectivity index (χ0) is 24.0. The quantitative estimate of drug-likeness (QED) is 0.139. The molecule has 3 aromatic rings. The van der Waals surface area contributed by atoms with E-state index in [1.54, 1.807) is 24.5 Å². The summed E-state index contributed by atoms with van der Waals surface area (Å²) in [5.41, 5.74) is 2.33. The number of benzene rings is 1. The first-order valence-electron chi connectivity index (χ1n) is 12.4. The molecule has 0 N–H and O–H groups in total. The van der Waals surface area contributed by atoms with Gasteiger partial charge in [-0.15, -0.1) is 0 Å². The summed E-state index contributed by atoms with van der Waals surface area (Å²) >= 11 is 1.52. The van der Waals surface area contributed by atoms with Crippen molar-refractivity contribution in [3.8, 4) is 0 Å². The number of halogens is 1. The molecule has 5 nitrogen and oxygen atoms in total. The van der Waals surface area contributed by atoms with Gasteiger partial charge in [0.05, 0.1) is 0 Å². The van der Waals surface area contributed by atoms with E-state index >= 15 is 0 Å². The molecule has 0 aliphatic heterocycles. The highest BCUT2D eigenvalue weighted by Gasteiger charge is 2.11. The molecule has 182 valence electrons. The molecule has 0 saturated carbocycles. The molecule has 0 radical (unpaired) electrons. The third-order valence-corrected chi connectivity index (χ3v) is 6.88. The molecule has 3 rings (SSSR count). The van der Waals surface area contributed by atoms with Crippen LogP contribution in [0.1, 0.15) is 81.4 Å². The van der Waals surface area contributed by atoms with Crippen molar-refractivity contribution in [2.24, 2.45) is 0 Å². The molecule has 0 aliphatic carbocycles. The predicted molar refractivity (Wildman–Crippen MR) is 137 cm³/mol. The first-order valence-corrected chi connectivity index (χ1v) is 13.4. The molecule has 1 aromatic carbocycles. The Morgan fingerprint density at radius 1 is 0.882 bits per heavy atom. The van der Waals surface area contributed by atoms with Gasteiger partial charge in [0.25, 0.3) is 5.56 Å². The Bertz CT molecular complexity index is 1040. The smallest absolute Gasteiger partial charge is 0.277 e. The van der Waals surface area contributed by atoms with Crippen LogP contribution < -0.4 is 5.56 Å².